The number of ether oxygens (including phenoxy) is 1. The smallest absolute Gasteiger partial charge is 0.324 e. The molecular weight excluding hydrogens is 286 g/mol. The molecule has 108 valence electrons. The Kier molecular flexibility index (Phi) is 2.85. The van der Waals surface area contributed by atoms with Gasteiger partial charge in [0.25, 0.3) is 0 Å². The van der Waals surface area contributed by atoms with Crippen molar-refractivity contribution in [3.05, 3.63) is 41.6 Å². The van der Waals surface area contributed by atoms with Crippen LogP contribution in [0.5, 0.6) is 5.06 Å². The molecule has 0 radical (unpaired) electrons. The fraction of sp³-hybridized carbons (Fsp3) is 0.333. The van der Waals surface area contributed by atoms with Crippen LogP contribution < -0.4 is 10.1 Å². The van der Waals surface area contributed by atoms with Gasteiger partial charge >= 0.3 is 6.03 Å². The molecule has 2 amide bonds. The molecule has 21 heavy (non-hydrogen) atoms. The Balaban J connectivity index is 1.57. The number of nitrogens with zero attached hydrogens (tertiary/aromatic N) is 2. The van der Waals surface area contributed by atoms with Gasteiger partial charge in [-0.05, 0) is 24.0 Å². The summed E-state index contributed by atoms with van der Waals surface area (Å²) >= 11 is 1.33. The molecule has 0 aliphatic carbocycles. The number of fused-ring (bicyclic) bond motifs is 5. The maximum atomic E-state index is 12.6. The van der Waals surface area contributed by atoms with Gasteiger partial charge in [0.05, 0.1) is 25.4 Å². The van der Waals surface area contributed by atoms with Crippen LogP contribution in [0.4, 0.5) is 9.93 Å². The molecular formula is C15H15N3O2S. The first kappa shape index (κ1) is 12.6. The number of methoxy groups -OCH3 is 1. The molecule has 5 nitrogen and oxygen atoms in total. The monoisotopic (exact) mass is 301 g/mol. The van der Waals surface area contributed by atoms with Crippen LogP contribution in [0.1, 0.15) is 36.1 Å². The minimum Gasteiger partial charge on any atom is -0.486 e. The highest BCUT2D eigenvalue weighted by atomic mass is 32.1. The summed E-state index contributed by atoms with van der Waals surface area (Å²) in [6.07, 6.45) is 3.69. The molecule has 1 aromatic carbocycles. The SMILES string of the molecule is COc1cnc(NC(=O)N2C3CCC2c2ccccc23)s1. The van der Waals surface area contributed by atoms with Gasteiger partial charge in [-0.25, -0.2) is 9.78 Å². The fourth-order valence-corrected chi connectivity index (χ4v) is 4.01. The van der Waals surface area contributed by atoms with Crippen LogP contribution >= 0.6 is 11.3 Å². The third-order valence-corrected chi connectivity index (χ3v) is 5.11. The van der Waals surface area contributed by atoms with Crippen LogP contribution in [0.15, 0.2) is 30.5 Å². The second-order valence-corrected chi connectivity index (χ2v) is 6.26. The van der Waals surface area contributed by atoms with E-state index < -0.39 is 0 Å². The van der Waals surface area contributed by atoms with E-state index in [1.165, 1.54) is 22.5 Å². The first-order valence-corrected chi connectivity index (χ1v) is 7.77. The quantitative estimate of drug-likeness (QED) is 0.922. The van der Waals surface area contributed by atoms with E-state index in [-0.39, 0.29) is 18.1 Å². The van der Waals surface area contributed by atoms with Gasteiger partial charge in [0.2, 0.25) is 0 Å². The Morgan fingerprint density at radius 2 is 2.00 bits per heavy atom. The number of benzene rings is 1. The largest absolute Gasteiger partial charge is 0.486 e. The van der Waals surface area contributed by atoms with E-state index in [1.54, 1.807) is 13.3 Å². The Bertz CT molecular complexity index is 669. The number of hydrogen-bond acceptors (Lipinski definition) is 4. The number of amides is 2. The average Bonchev–Trinajstić information content (AvgIpc) is 3.20. The molecule has 1 aromatic heterocycles. The number of anilines is 1. The van der Waals surface area contributed by atoms with Crippen LogP contribution in [0, 0.1) is 0 Å². The van der Waals surface area contributed by atoms with E-state index in [2.05, 4.69) is 22.4 Å². The minimum atomic E-state index is -0.0734. The molecule has 2 aromatic rings. The number of nitrogens with one attached hydrogen (secondary N) is 1. The molecule has 2 aliphatic heterocycles. The summed E-state index contributed by atoms with van der Waals surface area (Å²) in [4.78, 5) is 18.7. The lowest BCUT2D eigenvalue weighted by Crippen LogP contribution is -2.32. The highest BCUT2D eigenvalue weighted by Gasteiger charge is 2.46. The molecule has 1 fully saturated rings. The van der Waals surface area contributed by atoms with E-state index in [9.17, 15) is 4.79 Å². The first-order valence-electron chi connectivity index (χ1n) is 6.96. The Morgan fingerprint density at radius 3 is 2.57 bits per heavy atom. The third kappa shape index (κ3) is 1.90. The van der Waals surface area contributed by atoms with E-state index in [0.717, 1.165) is 12.8 Å². The van der Waals surface area contributed by atoms with Crippen LogP contribution in [0.25, 0.3) is 0 Å². The minimum absolute atomic E-state index is 0.0734. The Labute approximate surface area is 126 Å². The van der Waals surface area contributed by atoms with Crippen molar-refractivity contribution in [2.24, 2.45) is 0 Å². The number of carbonyl (C=O) groups is 1. The standard InChI is InChI=1S/C15H15N3O2S/c1-20-13-8-16-14(21-13)17-15(19)18-11-6-7-12(18)10-5-3-2-4-9(10)11/h2-5,8,11-12H,6-7H2,1H3,(H,16,17,19). The lowest BCUT2D eigenvalue weighted by molar-refractivity contribution is 0.197. The van der Waals surface area contributed by atoms with E-state index in [0.29, 0.717) is 10.2 Å². The van der Waals surface area contributed by atoms with Gasteiger partial charge in [-0.2, -0.15) is 0 Å². The molecule has 1 saturated heterocycles. The van der Waals surface area contributed by atoms with Crippen molar-refractivity contribution < 1.29 is 9.53 Å². The molecule has 0 spiro atoms. The van der Waals surface area contributed by atoms with Gasteiger partial charge in [-0.3, -0.25) is 5.32 Å². The number of hydrogen-bond donors (Lipinski definition) is 1. The summed E-state index contributed by atoms with van der Waals surface area (Å²) in [5.41, 5.74) is 2.58. The summed E-state index contributed by atoms with van der Waals surface area (Å²) in [7, 11) is 1.59. The van der Waals surface area contributed by atoms with Gasteiger partial charge in [0, 0.05) is 0 Å². The molecule has 0 saturated carbocycles. The Morgan fingerprint density at radius 1 is 1.33 bits per heavy atom. The molecule has 6 heteroatoms. The summed E-state index contributed by atoms with van der Waals surface area (Å²) in [5.74, 6) is 0. The maximum Gasteiger partial charge on any atom is 0.324 e. The van der Waals surface area contributed by atoms with Crippen LogP contribution in [-0.2, 0) is 0 Å². The van der Waals surface area contributed by atoms with Crippen molar-refractivity contribution in [2.75, 3.05) is 12.4 Å². The van der Waals surface area contributed by atoms with Crippen molar-refractivity contribution >= 4 is 22.5 Å². The lowest BCUT2D eigenvalue weighted by atomic mass is 9.92. The zero-order valence-electron chi connectivity index (χ0n) is 11.6. The van der Waals surface area contributed by atoms with Gasteiger partial charge in [0.15, 0.2) is 10.2 Å². The number of rotatable bonds is 2. The summed E-state index contributed by atoms with van der Waals surface area (Å²) in [5, 5.41) is 4.16. The lowest BCUT2D eigenvalue weighted by Gasteiger charge is -2.22. The average molecular weight is 301 g/mol. The number of carbonyl (C=O) groups excluding carboxylic acids is 1. The van der Waals surface area contributed by atoms with E-state index in [4.69, 9.17) is 4.74 Å². The number of thiazole rings is 1. The van der Waals surface area contributed by atoms with E-state index in [1.807, 2.05) is 17.0 Å². The molecule has 4 rings (SSSR count). The third-order valence-electron chi connectivity index (χ3n) is 4.23. The van der Waals surface area contributed by atoms with Crippen molar-refractivity contribution in [1.82, 2.24) is 9.88 Å². The normalized spacial score (nSPS) is 22.2. The van der Waals surface area contributed by atoms with Gasteiger partial charge < -0.3 is 9.64 Å². The van der Waals surface area contributed by atoms with E-state index >= 15 is 0 Å². The maximum absolute atomic E-state index is 12.6. The second kappa shape index (κ2) is 4.73. The van der Waals surface area contributed by atoms with Crippen LogP contribution in [0.2, 0.25) is 0 Å². The Hall–Kier alpha value is -2.08. The second-order valence-electron chi connectivity index (χ2n) is 5.26. The van der Waals surface area contributed by atoms with Crippen molar-refractivity contribution in [2.45, 2.75) is 24.9 Å². The van der Waals surface area contributed by atoms with Crippen molar-refractivity contribution in [3.63, 3.8) is 0 Å². The van der Waals surface area contributed by atoms with Crippen molar-refractivity contribution in [1.29, 1.82) is 0 Å². The fourth-order valence-electron chi connectivity index (χ4n) is 3.39. The number of aromatic nitrogens is 1. The molecule has 3 heterocycles. The topological polar surface area (TPSA) is 54.5 Å². The zero-order valence-corrected chi connectivity index (χ0v) is 12.4. The molecule has 2 unspecified atom stereocenters. The highest BCUT2D eigenvalue weighted by molar-refractivity contribution is 7.17. The first-order chi connectivity index (χ1) is 10.3. The predicted octanol–water partition coefficient (Wildman–Crippen LogP) is 3.58. The highest BCUT2D eigenvalue weighted by Crippen LogP contribution is 2.53. The van der Waals surface area contributed by atoms with Gasteiger partial charge in [-0.1, -0.05) is 35.6 Å². The molecule has 1 N–H and O–H groups in total. The summed E-state index contributed by atoms with van der Waals surface area (Å²) < 4.78 is 5.10. The summed E-state index contributed by atoms with van der Waals surface area (Å²) in [6.45, 7) is 0. The molecule has 2 atom stereocenters. The molecule has 2 aliphatic rings. The van der Waals surface area contributed by atoms with Gasteiger partial charge in [-0.15, -0.1) is 0 Å². The van der Waals surface area contributed by atoms with Crippen LogP contribution in [-0.4, -0.2) is 23.0 Å². The molecule has 2 bridgehead atoms. The predicted molar refractivity (Wildman–Crippen MR) is 80.7 cm³/mol. The van der Waals surface area contributed by atoms with Crippen molar-refractivity contribution in [3.8, 4) is 5.06 Å². The van der Waals surface area contributed by atoms with Gasteiger partial charge in [0.1, 0.15) is 0 Å². The summed E-state index contributed by atoms with van der Waals surface area (Å²) in [6, 6.07) is 8.68. The zero-order chi connectivity index (χ0) is 14.4. The number of urea groups is 1. The van der Waals surface area contributed by atoms with Crippen LogP contribution in [0.3, 0.4) is 0 Å².